The maximum Gasteiger partial charge on any atom is 0.272 e. The number of hydrogen-bond acceptors (Lipinski definition) is 4. The van der Waals surface area contributed by atoms with Gasteiger partial charge in [-0.05, 0) is 0 Å². The Kier molecular flexibility index (Phi) is 3.06. The molecule has 1 N–H and O–H groups in total. The molecule has 14 heavy (non-hydrogen) atoms. The van der Waals surface area contributed by atoms with Crippen LogP contribution < -0.4 is 0 Å². The number of carbonyl (C=O) groups is 1. The number of nitro benzene ring substituents is 1. The first-order valence-corrected chi connectivity index (χ1v) is 3.90. The molecule has 0 bridgehead atoms. The highest BCUT2D eigenvalue weighted by Gasteiger charge is 2.12. The van der Waals surface area contributed by atoms with Crippen LogP contribution in [0.5, 0.6) is 0 Å². The molecule has 1 aromatic rings. The Balaban J connectivity index is 3.01. The molecule has 0 atom stereocenters. The summed E-state index contributed by atoms with van der Waals surface area (Å²) in [5, 5.41) is 17.7. The van der Waals surface area contributed by atoms with E-state index in [0.717, 1.165) is 0 Å². The summed E-state index contributed by atoms with van der Waals surface area (Å²) in [5.74, 6) is 0. The van der Waals surface area contributed by atoms with Crippen molar-refractivity contribution in [3.8, 4) is 0 Å². The van der Waals surface area contributed by atoms with E-state index in [-0.39, 0.29) is 17.8 Å². The first kappa shape index (κ1) is 10.0. The lowest BCUT2D eigenvalue weighted by Crippen LogP contribution is -2.04. The molecule has 0 aliphatic heterocycles. The van der Waals surface area contributed by atoms with Gasteiger partial charge in [0.25, 0.3) is 5.69 Å². The molecule has 0 amide bonds. The lowest BCUT2D eigenvalue weighted by atomic mass is 10.1. The van der Waals surface area contributed by atoms with Crippen molar-refractivity contribution in [3.63, 3.8) is 0 Å². The highest BCUT2D eigenvalue weighted by molar-refractivity contribution is 6.27. The summed E-state index contributed by atoms with van der Waals surface area (Å²) in [6, 6.07) is 6.08. The van der Waals surface area contributed by atoms with Crippen LogP contribution in [0.2, 0.25) is 0 Å². The minimum absolute atomic E-state index is 0.000648. The van der Waals surface area contributed by atoms with Crippen molar-refractivity contribution < 1.29 is 9.72 Å². The predicted molar refractivity (Wildman–Crippen MR) is 50.6 cm³/mol. The van der Waals surface area contributed by atoms with Crippen LogP contribution in [0.4, 0.5) is 5.69 Å². The van der Waals surface area contributed by atoms with Gasteiger partial charge in [0.1, 0.15) is 0 Å². The van der Waals surface area contributed by atoms with E-state index in [4.69, 9.17) is 5.41 Å². The summed E-state index contributed by atoms with van der Waals surface area (Å²) in [7, 11) is 0. The molecule has 0 aromatic heterocycles. The average molecular weight is 192 g/mol. The third kappa shape index (κ3) is 2.22. The first-order valence-electron chi connectivity index (χ1n) is 3.90. The van der Waals surface area contributed by atoms with Crippen LogP contribution in [0.15, 0.2) is 24.3 Å². The van der Waals surface area contributed by atoms with Crippen LogP contribution in [-0.2, 0) is 11.2 Å². The molecule has 0 spiro atoms. The van der Waals surface area contributed by atoms with Crippen molar-refractivity contribution in [1.29, 1.82) is 5.41 Å². The van der Waals surface area contributed by atoms with Crippen molar-refractivity contribution in [2.45, 2.75) is 6.42 Å². The predicted octanol–water partition coefficient (Wildman–Crippen LogP) is 1.36. The van der Waals surface area contributed by atoms with E-state index in [1.807, 2.05) is 0 Å². The van der Waals surface area contributed by atoms with Gasteiger partial charge < -0.3 is 5.41 Å². The summed E-state index contributed by atoms with van der Waals surface area (Å²) in [6.45, 7) is 0. The van der Waals surface area contributed by atoms with Crippen molar-refractivity contribution in [1.82, 2.24) is 0 Å². The van der Waals surface area contributed by atoms with Gasteiger partial charge in [-0.25, -0.2) is 0 Å². The van der Waals surface area contributed by atoms with Gasteiger partial charge in [0, 0.05) is 18.1 Å². The summed E-state index contributed by atoms with van der Waals surface area (Å²) < 4.78 is 0. The van der Waals surface area contributed by atoms with E-state index >= 15 is 0 Å². The fourth-order valence-electron chi connectivity index (χ4n) is 1.09. The third-order valence-corrected chi connectivity index (χ3v) is 1.71. The quantitative estimate of drug-likeness (QED) is 0.338. The number of para-hydroxylation sites is 1. The molecule has 0 radical (unpaired) electrons. The molecule has 0 heterocycles. The van der Waals surface area contributed by atoms with Gasteiger partial charge in [-0.3, -0.25) is 14.9 Å². The molecule has 1 aromatic carbocycles. The number of rotatable bonds is 4. The monoisotopic (exact) mass is 192 g/mol. The molecular formula is C9H8N2O3. The Hall–Kier alpha value is -2.04. The van der Waals surface area contributed by atoms with Gasteiger partial charge in [-0.1, -0.05) is 18.2 Å². The second kappa shape index (κ2) is 4.27. The van der Waals surface area contributed by atoms with Crippen LogP contribution in [0, 0.1) is 15.5 Å². The summed E-state index contributed by atoms with van der Waals surface area (Å²) in [6.07, 6.45) is 0.386. The van der Waals surface area contributed by atoms with Gasteiger partial charge in [0.2, 0.25) is 0 Å². The molecule has 72 valence electrons. The van der Waals surface area contributed by atoms with Crippen molar-refractivity contribution in [2.75, 3.05) is 0 Å². The fraction of sp³-hybridized carbons (Fsp3) is 0.111. The van der Waals surface area contributed by atoms with E-state index in [9.17, 15) is 14.9 Å². The molecule has 0 unspecified atom stereocenters. The number of benzene rings is 1. The lowest BCUT2D eigenvalue weighted by molar-refractivity contribution is -0.385. The number of carbonyl (C=O) groups excluding carboxylic acids is 1. The van der Waals surface area contributed by atoms with E-state index in [2.05, 4.69) is 0 Å². The molecule has 0 aliphatic carbocycles. The molecular weight excluding hydrogens is 184 g/mol. The van der Waals surface area contributed by atoms with Gasteiger partial charge in [-0.15, -0.1) is 0 Å². The van der Waals surface area contributed by atoms with Gasteiger partial charge in [0.15, 0.2) is 6.29 Å². The van der Waals surface area contributed by atoms with Crippen molar-refractivity contribution in [2.24, 2.45) is 0 Å². The smallest absolute Gasteiger partial charge is 0.272 e. The molecule has 0 fully saturated rings. The minimum Gasteiger partial charge on any atom is -0.302 e. The Labute approximate surface area is 80.0 Å². The zero-order valence-electron chi connectivity index (χ0n) is 7.27. The van der Waals surface area contributed by atoms with Crippen LogP contribution >= 0.6 is 0 Å². The second-order valence-electron chi connectivity index (χ2n) is 2.71. The number of hydrogen-bond donors (Lipinski definition) is 1. The summed E-state index contributed by atoms with van der Waals surface area (Å²) in [5.41, 5.74) is 0.160. The number of nitrogens with zero attached hydrogens (tertiary/aromatic N) is 1. The SMILES string of the molecule is N=C(C=O)Cc1ccccc1[N+](=O)[O-]. The number of nitrogens with one attached hydrogen (secondary N) is 1. The lowest BCUT2D eigenvalue weighted by Gasteiger charge is -1.99. The zero-order chi connectivity index (χ0) is 10.6. The van der Waals surface area contributed by atoms with Crippen LogP contribution in [0.25, 0.3) is 0 Å². The second-order valence-corrected chi connectivity index (χ2v) is 2.71. The van der Waals surface area contributed by atoms with E-state index in [1.165, 1.54) is 12.1 Å². The largest absolute Gasteiger partial charge is 0.302 e. The number of nitro groups is 1. The standard InChI is InChI=1S/C9H8N2O3/c10-8(6-12)5-7-3-1-2-4-9(7)11(13)14/h1-4,6,10H,5H2. The third-order valence-electron chi connectivity index (χ3n) is 1.71. The van der Waals surface area contributed by atoms with E-state index in [0.29, 0.717) is 11.8 Å². The maximum absolute atomic E-state index is 10.5. The zero-order valence-corrected chi connectivity index (χ0v) is 7.27. The Morgan fingerprint density at radius 2 is 2.14 bits per heavy atom. The molecule has 5 heteroatoms. The molecule has 0 aliphatic rings. The van der Waals surface area contributed by atoms with Crippen LogP contribution in [-0.4, -0.2) is 16.9 Å². The van der Waals surface area contributed by atoms with Crippen molar-refractivity contribution >= 4 is 17.7 Å². The Morgan fingerprint density at radius 3 is 2.71 bits per heavy atom. The highest BCUT2D eigenvalue weighted by Crippen LogP contribution is 2.17. The number of aldehydes is 1. The Bertz CT molecular complexity index is 387. The minimum atomic E-state index is -0.520. The Morgan fingerprint density at radius 1 is 1.50 bits per heavy atom. The molecule has 0 saturated heterocycles. The highest BCUT2D eigenvalue weighted by atomic mass is 16.6. The van der Waals surface area contributed by atoms with Crippen molar-refractivity contribution in [3.05, 3.63) is 39.9 Å². The average Bonchev–Trinajstić information content (AvgIpc) is 2.18. The van der Waals surface area contributed by atoms with E-state index in [1.54, 1.807) is 12.1 Å². The summed E-state index contributed by atoms with van der Waals surface area (Å²) >= 11 is 0. The fourth-order valence-corrected chi connectivity index (χ4v) is 1.09. The van der Waals surface area contributed by atoms with Crippen LogP contribution in [0.1, 0.15) is 5.56 Å². The topological polar surface area (TPSA) is 84.1 Å². The van der Waals surface area contributed by atoms with Gasteiger partial charge >= 0.3 is 0 Å². The van der Waals surface area contributed by atoms with Crippen LogP contribution in [0.3, 0.4) is 0 Å². The molecule has 1 rings (SSSR count). The molecule has 5 nitrogen and oxygen atoms in total. The first-order chi connectivity index (χ1) is 6.65. The van der Waals surface area contributed by atoms with Gasteiger partial charge in [-0.2, -0.15) is 0 Å². The van der Waals surface area contributed by atoms with E-state index < -0.39 is 4.92 Å². The normalized spacial score (nSPS) is 9.43. The summed E-state index contributed by atoms with van der Waals surface area (Å²) in [4.78, 5) is 20.2. The van der Waals surface area contributed by atoms with Gasteiger partial charge in [0.05, 0.1) is 10.6 Å². The molecule has 0 saturated carbocycles. The maximum atomic E-state index is 10.5.